The van der Waals surface area contributed by atoms with Gasteiger partial charge in [0, 0.05) is 10.5 Å². The molecule has 0 aliphatic heterocycles. The molecule has 0 aliphatic carbocycles. The molecule has 0 saturated carbocycles. The van der Waals surface area contributed by atoms with Gasteiger partial charge in [0.1, 0.15) is 5.75 Å². The maximum absolute atomic E-state index is 5.48. The topological polar surface area (TPSA) is 21.3 Å². The van der Waals surface area contributed by atoms with E-state index in [-0.39, 0.29) is 0 Å². The lowest BCUT2D eigenvalue weighted by atomic mass is 10.0. The first-order chi connectivity index (χ1) is 9.74. The van der Waals surface area contributed by atoms with Gasteiger partial charge in [-0.1, -0.05) is 22.9 Å². The highest BCUT2D eigenvalue weighted by molar-refractivity contribution is 9.10. The van der Waals surface area contributed by atoms with Crippen LogP contribution in [0.2, 0.25) is 0 Å². The Balaban J connectivity index is 2.21. The Bertz CT molecular complexity index is 527. The lowest BCUT2D eigenvalue weighted by Crippen LogP contribution is -2.23. The number of hydrogen-bond donors (Lipinski definition) is 1. The molecule has 0 radical (unpaired) electrons. The zero-order valence-corrected chi connectivity index (χ0v) is 14.3. The first-order valence-corrected chi connectivity index (χ1v) is 8.56. The Morgan fingerprint density at radius 2 is 2.20 bits per heavy atom. The summed E-state index contributed by atoms with van der Waals surface area (Å²) in [4.78, 5) is 0. The molecule has 1 unspecified atom stereocenters. The summed E-state index contributed by atoms with van der Waals surface area (Å²) in [5.41, 5.74) is 2.58. The van der Waals surface area contributed by atoms with Gasteiger partial charge in [-0.3, -0.25) is 0 Å². The number of nitrogens with one attached hydrogen (secondary N) is 1. The SMILES string of the molecule is CCCNC(Cc1cc(Br)ccc1OC)c1ccsc1. The third kappa shape index (κ3) is 4.08. The zero-order valence-electron chi connectivity index (χ0n) is 11.9. The molecule has 0 spiro atoms. The molecule has 0 aliphatic rings. The van der Waals surface area contributed by atoms with Crippen LogP contribution in [0.4, 0.5) is 0 Å². The number of benzene rings is 1. The smallest absolute Gasteiger partial charge is 0.122 e. The number of hydrogen-bond acceptors (Lipinski definition) is 3. The van der Waals surface area contributed by atoms with Gasteiger partial charge < -0.3 is 10.1 Å². The molecule has 1 aromatic heterocycles. The van der Waals surface area contributed by atoms with E-state index in [1.807, 2.05) is 12.1 Å². The Morgan fingerprint density at radius 3 is 2.85 bits per heavy atom. The molecule has 1 heterocycles. The first kappa shape index (κ1) is 15.5. The van der Waals surface area contributed by atoms with E-state index >= 15 is 0 Å². The molecule has 1 N–H and O–H groups in total. The van der Waals surface area contributed by atoms with Crippen LogP contribution in [0.1, 0.15) is 30.5 Å². The van der Waals surface area contributed by atoms with Crippen LogP contribution >= 0.6 is 27.3 Å². The standard InChI is InChI=1S/C16H20BrNOS/c1-3-7-18-15(12-6-8-20-11-12)10-13-9-14(17)4-5-16(13)19-2/h4-6,8-9,11,15,18H,3,7,10H2,1-2H3. The van der Waals surface area contributed by atoms with E-state index in [0.717, 1.165) is 29.6 Å². The number of rotatable bonds is 7. The second-order valence-electron chi connectivity index (χ2n) is 4.72. The van der Waals surface area contributed by atoms with E-state index in [4.69, 9.17) is 4.74 Å². The van der Waals surface area contributed by atoms with Crippen LogP contribution in [0.5, 0.6) is 5.75 Å². The largest absolute Gasteiger partial charge is 0.496 e. The molecule has 0 bridgehead atoms. The first-order valence-electron chi connectivity index (χ1n) is 6.82. The summed E-state index contributed by atoms with van der Waals surface area (Å²) in [7, 11) is 1.73. The van der Waals surface area contributed by atoms with E-state index in [9.17, 15) is 0 Å². The van der Waals surface area contributed by atoms with Crippen molar-refractivity contribution < 1.29 is 4.74 Å². The van der Waals surface area contributed by atoms with Gasteiger partial charge in [-0.25, -0.2) is 0 Å². The van der Waals surface area contributed by atoms with Crippen molar-refractivity contribution in [3.8, 4) is 5.75 Å². The zero-order chi connectivity index (χ0) is 14.4. The van der Waals surface area contributed by atoms with Crippen molar-refractivity contribution in [1.29, 1.82) is 0 Å². The van der Waals surface area contributed by atoms with E-state index in [1.165, 1.54) is 11.1 Å². The fraction of sp³-hybridized carbons (Fsp3) is 0.375. The van der Waals surface area contributed by atoms with Gasteiger partial charge in [0.05, 0.1) is 7.11 Å². The van der Waals surface area contributed by atoms with Crippen molar-refractivity contribution in [2.75, 3.05) is 13.7 Å². The maximum atomic E-state index is 5.48. The Hall–Kier alpha value is -0.840. The Kier molecular flexibility index (Phi) is 6.07. The number of methoxy groups -OCH3 is 1. The van der Waals surface area contributed by atoms with Gasteiger partial charge in [-0.05, 0) is 65.5 Å². The van der Waals surface area contributed by atoms with Crippen LogP contribution in [-0.2, 0) is 6.42 Å². The number of ether oxygens (including phenoxy) is 1. The monoisotopic (exact) mass is 353 g/mol. The highest BCUT2D eigenvalue weighted by Crippen LogP contribution is 2.28. The predicted molar refractivity (Wildman–Crippen MR) is 89.8 cm³/mol. The molecule has 2 nitrogen and oxygen atoms in total. The van der Waals surface area contributed by atoms with Gasteiger partial charge in [0.2, 0.25) is 0 Å². The third-order valence-corrected chi connectivity index (χ3v) is 4.45. The van der Waals surface area contributed by atoms with E-state index in [1.54, 1.807) is 18.4 Å². The van der Waals surface area contributed by atoms with Gasteiger partial charge in [-0.15, -0.1) is 0 Å². The lowest BCUT2D eigenvalue weighted by molar-refractivity contribution is 0.405. The lowest BCUT2D eigenvalue weighted by Gasteiger charge is -2.19. The van der Waals surface area contributed by atoms with Gasteiger partial charge in [-0.2, -0.15) is 11.3 Å². The van der Waals surface area contributed by atoms with Crippen molar-refractivity contribution in [2.24, 2.45) is 0 Å². The summed E-state index contributed by atoms with van der Waals surface area (Å²) in [6, 6.07) is 8.71. The second kappa shape index (κ2) is 7.81. The minimum atomic E-state index is 0.337. The van der Waals surface area contributed by atoms with Crippen LogP contribution in [0, 0.1) is 0 Å². The van der Waals surface area contributed by atoms with Crippen molar-refractivity contribution in [3.63, 3.8) is 0 Å². The molecule has 1 atom stereocenters. The molecular weight excluding hydrogens is 334 g/mol. The molecule has 2 rings (SSSR count). The normalized spacial score (nSPS) is 12.3. The van der Waals surface area contributed by atoms with Gasteiger partial charge in [0.15, 0.2) is 0 Å². The minimum absolute atomic E-state index is 0.337. The van der Waals surface area contributed by atoms with Crippen LogP contribution in [-0.4, -0.2) is 13.7 Å². The average Bonchev–Trinajstić information content (AvgIpc) is 2.97. The van der Waals surface area contributed by atoms with Gasteiger partial charge in [0.25, 0.3) is 0 Å². The average molecular weight is 354 g/mol. The summed E-state index contributed by atoms with van der Waals surface area (Å²) >= 11 is 5.29. The molecule has 0 fully saturated rings. The van der Waals surface area contributed by atoms with E-state index < -0.39 is 0 Å². The summed E-state index contributed by atoms with van der Waals surface area (Å²) < 4.78 is 6.57. The van der Waals surface area contributed by atoms with Crippen molar-refractivity contribution >= 4 is 27.3 Å². The van der Waals surface area contributed by atoms with Gasteiger partial charge >= 0.3 is 0 Å². The fourth-order valence-electron chi connectivity index (χ4n) is 2.23. The Labute approximate surface area is 133 Å². The maximum Gasteiger partial charge on any atom is 0.122 e. The van der Waals surface area contributed by atoms with Crippen LogP contribution < -0.4 is 10.1 Å². The van der Waals surface area contributed by atoms with Crippen molar-refractivity contribution in [3.05, 3.63) is 50.6 Å². The number of halogens is 1. The second-order valence-corrected chi connectivity index (χ2v) is 6.42. The Morgan fingerprint density at radius 1 is 1.35 bits per heavy atom. The molecular formula is C16H20BrNOS. The van der Waals surface area contributed by atoms with Crippen LogP contribution in [0.15, 0.2) is 39.5 Å². The summed E-state index contributed by atoms with van der Waals surface area (Å²) in [6.07, 6.45) is 2.07. The molecule has 108 valence electrons. The fourth-order valence-corrected chi connectivity index (χ4v) is 3.35. The van der Waals surface area contributed by atoms with Crippen molar-refractivity contribution in [1.82, 2.24) is 5.32 Å². The van der Waals surface area contributed by atoms with E-state index in [0.29, 0.717) is 6.04 Å². The summed E-state index contributed by atoms with van der Waals surface area (Å²) in [5, 5.41) is 7.98. The molecule has 0 amide bonds. The molecule has 1 aromatic carbocycles. The summed E-state index contributed by atoms with van der Waals surface area (Å²) in [6.45, 7) is 3.22. The molecule has 4 heteroatoms. The predicted octanol–water partition coefficient (Wildman–Crippen LogP) is 4.80. The highest BCUT2D eigenvalue weighted by Gasteiger charge is 2.15. The molecule has 0 saturated heterocycles. The van der Waals surface area contributed by atoms with Crippen LogP contribution in [0.25, 0.3) is 0 Å². The quantitative estimate of drug-likeness (QED) is 0.771. The highest BCUT2D eigenvalue weighted by atomic mass is 79.9. The van der Waals surface area contributed by atoms with E-state index in [2.05, 4.69) is 51.1 Å². The molecule has 20 heavy (non-hydrogen) atoms. The summed E-state index contributed by atoms with van der Waals surface area (Å²) in [5.74, 6) is 0.951. The minimum Gasteiger partial charge on any atom is -0.496 e. The number of thiophene rings is 1. The van der Waals surface area contributed by atoms with Crippen LogP contribution in [0.3, 0.4) is 0 Å². The van der Waals surface area contributed by atoms with Crippen molar-refractivity contribution in [2.45, 2.75) is 25.8 Å². The third-order valence-electron chi connectivity index (χ3n) is 3.25. The molecule has 2 aromatic rings.